The topological polar surface area (TPSA) is 65.1 Å². The van der Waals surface area contributed by atoms with Gasteiger partial charge in [-0.3, -0.25) is 4.90 Å². The Morgan fingerprint density at radius 2 is 1.74 bits per heavy atom. The van der Waals surface area contributed by atoms with Crippen LogP contribution >= 0.6 is 0 Å². The molecule has 4 rings (SSSR count). The molecule has 6 heteroatoms. The number of ether oxygens (including phenoxy) is 3. The Bertz CT molecular complexity index is 1060. The van der Waals surface area contributed by atoms with Gasteiger partial charge in [-0.1, -0.05) is 60.7 Å². The first-order valence-electron chi connectivity index (χ1n) is 12.2. The lowest BCUT2D eigenvalue weighted by Crippen LogP contribution is -2.46. The second-order valence-corrected chi connectivity index (χ2v) is 10.6. The number of likely N-dealkylation sites (tertiary alicyclic amines) is 1. The number of benzene rings is 2. The van der Waals surface area contributed by atoms with Gasteiger partial charge in [0, 0.05) is 11.5 Å². The number of carbonyl (C=O) groups excluding carboxylic acids is 2. The van der Waals surface area contributed by atoms with Gasteiger partial charge in [0.25, 0.3) is 0 Å². The number of allylic oxidation sites excluding steroid dienone is 1. The van der Waals surface area contributed by atoms with Gasteiger partial charge in [-0.25, -0.2) is 9.59 Å². The molecule has 0 aromatic heterocycles. The van der Waals surface area contributed by atoms with E-state index in [2.05, 4.69) is 18.7 Å². The van der Waals surface area contributed by atoms with Crippen LogP contribution in [0.25, 0.3) is 0 Å². The molecular formula is C29H35NO5. The Balaban J connectivity index is 1.41. The molecule has 2 fully saturated rings. The fraction of sp³-hybridized carbons (Fsp3) is 0.448. The summed E-state index contributed by atoms with van der Waals surface area (Å²) >= 11 is 0. The number of fused-ring (bicyclic) bond motifs is 1. The van der Waals surface area contributed by atoms with Crippen molar-refractivity contribution >= 4 is 12.1 Å². The molecule has 3 atom stereocenters. The summed E-state index contributed by atoms with van der Waals surface area (Å²) in [6.07, 6.45) is 3.54. The van der Waals surface area contributed by atoms with E-state index in [0.717, 1.165) is 24.0 Å². The van der Waals surface area contributed by atoms with Crippen LogP contribution in [0.4, 0.5) is 4.79 Å². The first-order chi connectivity index (χ1) is 16.7. The zero-order valence-electron chi connectivity index (χ0n) is 20.9. The molecule has 1 aliphatic carbocycles. The molecule has 0 radical (unpaired) electrons. The number of piperidine rings is 1. The zero-order valence-corrected chi connectivity index (χ0v) is 20.9. The van der Waals surface area contributed by atoms with Crippen LogP contribution in [0, 0.1) is 5.41 Å². The Kier molecular flexibility index (Phi) is 7.31. The van der Waals surface area contributed by atoms with Gasteiger partial charge in [0.2, 0.25) is 0 Å². The van der Waals surface area contributed by atoms with Crippen molar-refractivity contribution in [2.24, 2.45) is 5.41 Å². The van der Waals surface area contributed by atoms with E-state index in [1.165, 1.54) is 5.56 Å². The van der Waals surface area contributed by atoms with Crippen LogP contribution < -0.4 is 0 Å². The summed E-state index contributed by atoms with van der Waals surface area (Å²) in [7, 11) is 0. The molecule has 1 saturated heterocycles. The molecule has 2 aromatic carbocycles. The van der Waals surface area contributed by atoms with E-state index in [4.69, 9.17) is 14.2 Å². The van der Waals surface area contributed by atoms with E-state index >= 15 is 0 Å². The molecule has 0 unspecified atom stereocenters. The van der Waals surface area contributed by atoms with Crippen molar-refractivity contribution in [3.05, 3.63) is 83.9 Å². The van der Waals surface area contributed by atoms with Crippen LogP contribution in [0.5, 0.6) is 0 Å². The highest BCUT2D eigenvalue weighted by Gasteiger charge is 2.68. The van der Waals surface area contributed by atoms with Crippen LogP contribution in [0.3, 0.4) is 0 Å². The van der Waals surface area contributed by atoms with E-state index in [1.807, 2.05) is 69.3 Å². The lowest BCUT2D eigenvalue weighted by atomic mass is 10.0. The van der Waals surface area contributed by atoms with Gasteiger partial charge in [-0.15, -0.1) is 6.58 Å². The third-order valence-corrected chi connectivity index (χ3v) is 6.55. The van der Waals surface area contributed by atoms with Crippen LogP contribution in [-0.4, -0.2) is 41.3 Å². The summed E-state index contributed by atoms with van der Waals surface area (Å²) in [6.45, 7) is 10.4. The lowest BCUT2D eigenvalue weighted by molar-refractivity contribution is -0.151. The normalized spacial score (nSPS) is 22.9. The van der Waals surface area contributed by atoms with E-state index in [0.29, 0.717) is 19.6 Å². The minimum Gasteiger partial charge on any atom is -0.459 e. The molecule has 35 heavy (non-hydrogen) atoms. The number of amides is 1. The lowest BCUT2D eigenvalue weighted by Gasteiger charge is -2.29. The zero-order chi connectivity index (χ0) is 25.1. The molecular weight excluding hydrogens is 442 g/mol. The van der Waals surface area contributed by atoms with Gasteiger partial charge in [0.1, 0.15) is 18.2 Å². The van der Waals surface area contributed by atoms with Crippen molar-refractivity contribution in [1.82, 2.24) is 4.90 Å². The van der Waals surface area contributed by atoms with Crippen molar-refractivity contribution in [3.63, 3.8) is 0 Å². The summed E-state index contributed by atoms with van der Waals surface area (Å²) in [5.74, 6) is -0.400. The molecule has 186 valence electrons. The van der Waals surface area contributed by atoms with E-state index in [-0.39, 0.29) is 18.1 Å². The molecule has 2 aromatic rings. The first-order valence-corrected chi connectivity index (χ1v) is 12.2. The second-order valence-electron chi connectivity index (χ2n) is 10.6. The Hall–Kier alpha value is -3.12. The van der Waals surface area contributed by atoms with Crippen LogP contribution in [0.2, 0.25) is 0 Å². The number of esters is 1. The summed E-state index contributed by atoms with van der Waals surface area (Å²) in [6, 6.07) is 17.0. The van der Waals surface area contributed by atoms with Crippen LogP contribution in [0.1, 0.15) is 50.3 Å². The SMILES string of the molecule is C=CCc1cccc(COC[C@@]23C[C@@H](C(=O)OCc4ccccc4)N(C(=O)OC(C)(C)C)[C@@H]2C3)c1. The minimum absolute atomic E-state index is 0.0845. The van der Waals surface area contributed by atoms with Crippen molar-refractivity contribution in [3.8, 4) is 0 Å². The van der Waals surface area contributed by atoms with Crippen molar-refractivity contribution in [1.29, 1.82) is 0 Å². The summed E-state index contributed by atoms with van der Waals surface area (Å²) in [5, 5.41) is 0. The van der Waals surface area contributed by atoms with Gasteiger partial charge in [-0.05, 0) is 56.7 Å². The van der Waals surface area contributed by atoms with Crippen LogP contribution in [0.15, 0.2) is 67.3 Å². The highest BCUT2D eigenvalue weighted by Crippen LogP contribution is 2.60. The first kappa shape index (κ1) is 25.0. The van der Waals surface area contributed by atoms with E-state index in [1.54, 1.807) is 4.90 Å². The Morgan fingerprint density at radius 3 is 2.46 bits per heavy atom. The van der Waals surface area contributed by atoms with E-state index in [9.17, 15) is 9.59 Å². The molecule has 2 aliphatic rings. The summed E-state index contributed by atoms with van der Waals surface area (Å²) in [4.78, 5) is 27.7. The molecule has 0 N–H and O–H groups in total. The third kappa shape index (κ3) is 6.12. The largest absolute Gasteiger partial charge is 0.459 e. The van der Waals surface area contributed by atoms with Crippen molar-refractivity contribution in [2.75, 3.05) is 6.61 Å². The number of carbonyl (C=O) groups is 2. The summed E-state index contributed by atoms with van der Waals surface area (Å²) < 4.78 is 17.4. The average molecular weight is 478 g/mol. The van der Waals surface area contributed by atoms with Gasteiger partial charge >= 0.3 is 12.1 Å². The predicted octanol–water partition coefficient (Wildman–Crippen LogP) is 5.44. The van der Waals surface area contributed by atoms with Gasteiger partial charge < -0.3 is 14.2 Å². The molecule has 1 heterocycles. The Morgan fingerprint density at radius 1 is 1.03 bits per heavy atom. The quantitative estimate of drug-likeness (QED) is 0.355. The van der Waals surface area contributed by atoms with Crippen molar-refractivity contribution in [2.45, 2.75) is 70.9 Å². The smallest absolute Gasteiger partial charge is 0.411 e. The molecule has 1 aliphatic heterocycles. The predicted molar refractivity (Wildman–Crippen MR) is 134 cm³/mol. The number of hydrogen-bond acceptors (Lipinski definition) is 5. The van der Waals surface area contributed by atoms with Gasteiger partial charge in [0.05, 0.1) is 13.2 Å². The molecule has 0 bridgehead atoms. The Labute approximate surface area is 207 Å². The maximum Gasteiger partial charge on any atom is 0.411 e. The van der Waals surface area contributed by atoms with Crippen LogP contribution in [-0.2, 0) is 38.6 Å². The number of nitrogens with zero attached hydrogens (tertiary/aromatic N) is 1. The number of rotatable bonds is 9. The number of hydrogen-bond donors (Lipinski definition) is 0. The maximum absolute atomic E-state index is 13.1. The van der Waals surface area contributed by atoms with Crippen molar-refractivity contribution < 1.29 is 23.8 Å². The second kappa shape index (κ2) is 10.2. The fourth-order valence-corrected chi connectivity index (χ4v) is 4.83. The van der Waals surface area contributed by atoms with Gasteiger partial charge in [0.15, 0.2) is 0 Å². The maximum atomic E-state index is 13.1. The molecule has 6 nitrogen and oxygen atoms in total. The molecule has 0 spiro atoms. The highest BCUT2D eigenvalue weighted by molar-refractivity contribution is 5.83. The van der Waals surface area contributed by atoms with Gasteiger partial charge in [-0.2, -0.15) is 0 Å². The standard InChI is InChI=1S/C29H35NO5/c1-5-10-21-13-9-14-23(15-21)18-33-20-29-16-24(26(31)34-19-22-11-7-6-8-12-22)30(25(29)17-29)27(32)35-28(2,3)4/h5-9,11-15,24-25H,1,10,16-20H2,2-4H3/t24-,25+,29-/m0/s1. The molecule has 1 saturated carbocycles. The molecule has 1 amide bonds. The highest BCUT2D eigenvalue weighted by atomic mass is 16.6. The van der Waals surface area contributed by atoms with E-state index < -0.39 is 23.7 Å². The fourth-order valence-electron chi connectivity index (χ4n) is 4.83. The average Bonchev–Trinajstić information content (AvgIpc) is 3.40. The monoisotopic (exact) mass is 477 g/mol. The third-order valence-electron chi connectivity index (χ3n) is 6.55. The minimum atomic E-state index is -0.674. The summed E-state index contributed by atoms with van der Waals surface area (Å²) in [5.41, 5.74) is 2.31.